The molecule has 0 bridgehead atoms. The van der Waals surface area contributed by atoms with Gasteiger partial charge in [-0.05, 0) is 34.0 Å². The number of hydrogen-bond acceptors (Lipinski definition) is 3. The van der Waals surface area contributed by atoms with Crippen molar-refractivity contribution in [2.75, 3.05) is 0 Å². The van der Waals surface area contributed by atoms with Gasteiger partial charge in [-0.15, -0.1) is 0 Å². The summed E-state index contributed by atoms with van der Waals surface area (Å²) in [6, 6.07) is 7.75. The molecule has 2 aromatic rings. The number of carbonyl (C=O) groups excluding carboxylic acids is 2. The summed E-state index contributed by atoms with van der Waals surface area (Å²) in [6.45, 7) is 0. The van der Waals surface area contributed by atoms with Gasteiger partial charge in [-0.2, -0.15) is 0 Å². The van der Waals surface area contributed by atoms with Crippen LogP contribution in [0.3, 0.4) is 0 Å². The zero-order valence-electron chi connectivity index (χ0n) is 10.0. The Morgan fingerprint density at radius 3 is 2.95 bits per heavy atom. The van der Waals surface area contributed by atoms with Crippen molar-refractivity contribution in [2.45, 2.75) is 18.8 Å². The predicted octanol–water partition coefficient (Wildman–Crippen LogP) is 2.52. The molecule has 1 N–H and O–H groups in total. The maximum Gasteiger partial charge on any atom is 0.234 e. The molecule has 0 spiro atoms. The zero-order valence-corrected chi connectivity index (χ0v) is 11.6. The monoisotopic (exact) mass is 318 g/mol. The summed E-state index contributed by atoms with van der Waals surface area (Å²) in [7, 11) is 0. The number of aromatic nitrogens is 1. The molecule has 5 heteroatoms. The van der Waals surface area contributed by atoms with Gasteiger partial charge in [0.05, 0.1) is 11.4 Å². The molecule has 0 saturated carbocycles. The summed E-state index contributed by atoms with van der Waals surface area (Å²) in [5, 5.41) is 3.37. The summed E-state index contributed by atoms with van der Waals surface area (Å²) < 4.78 is 0.903. The lowest BCUT2D eigenvalue weighted by molar-refractivity contribution is -0.134. The van der Waals surface area contributed by atoms with Crippen LogP contribution in [0.2, 0.25) is 0 Å². The van der Waals surface area contributed by atoms with Gasteiger partial charge >= 0.3 is 0 Å². The van der Waals surface area contributed by atoms with Crippen molar-refractivity contribution in [2.24, 2.45) is 0 Å². The fraction of sp³-hybridized carbons (Fsp3) is 0.214. The molecule has 2 amide bonds. The average molecular weight is 319 g/mol. The summed E-state index contributed by atoms with van der Waals surface area (Å²) >= 11 is 3.39. The van der Waals surface area contributed by atoms with Crippen molar-refractivity contribution < 1.29 is 9.59 Å². The van der Waals surface area contributed by atoms with Crippen LogP contribution in [0, 0.1) is 0 Å². The fourth-order valence-electron chi connectivity index (χ4n) is 2.43. The van der Waals surface area contributed by atoms with E-state index >= 15 is 0 Å². The van der Waals surface area contributed by atoms with E-state index in [9.17, 15) is 9.59 Å². The summed E-state index contributed by atoms with van der Waals surface area (Å²) in [5.74, 6) is -0.722. The van der Waals surface area contributed by atoms with Crippen LogP contribution in [-0.2, 0) is 9.59 Å². The van der Waals surface area contributed by atoms with Crippen molar-refractivity contribution >= 4 is 38.6 Å². The van der Waals surface area contributed by atoms with Crippen molar-refractivity contribution in [3.63, 3.8) is 0 Å². The van der Waals surface area contributed by atoms with E-state index in [1.807, 2.05) is 24.3 Å². The number of para-hydroxylation sites is 1. The van der Waals surface area contributed by atoms with Gasteiger partial charge in [-0.3, -0.25) is 19.9 Å². The van der Waals surface area contributed by atoms with Crippen molar-refractivity contribution in [1.29, 1.82) is 0 Å². The Morgan fingerprint density at radius 2 is 2.16 bits per heavy atom. The van der Waals surface area contributed by atoms with Crippen LogP contribution in [0.15, 0.2) is 34.9 Å². The van der Waals surface area contributed by atoms with Crippen LogP contribution >= 0.6 is 15.9 Å². The van der Waals surface area contributed by atoms with Crippen LogP contribution in [0.4, 0.5) is 0 Å². The second kappa shape index (κ2) is 4.74. The second-order valence-corrected chi connectivity index (χ2v) is 5.49. The molecule has 1 saturated heterocycles. The van der Waals surface area contributed by atoms with Crippen LogP contribution in [-0.4, -0.2) is 16.8 Å². The van der Waals surface area contributed by atoms with Gasteiger partial charge in [0.1, 0.15) is 0 Å². The van der Waals surface area contributed by atoms with Gasteiger partial charge in [0.2, 0.25) is 11.8 Å². The van der Waals surface area contributed by atoms with Gasteiger partial charge < -0.3 is 0 Å². The Kier molecular flexibility index (Phi) is 3.06. The third-order valence-corrected chi connectivity index (χ3v) is 3.76. The summed E-state index contributed by atoms with van der Waals surface area (Å²) in [6.07, 6.45) is 2.64. The molecule has 0 aliphatic carbocycles. The van der Waals surface area contributed by atoms with Crippen LogP contribution < -0.4 is 5.32 Å². The minimum atomic E-state index is -0.296. The molecule has 1 atom stereocenters. The number of piperidine rings is 1. The average Bonchev–Trinajstić information content (AvgIpc) is 2.38. The highest BCUT2D eigenvalue weighted by Crippen LogP contribution is 2.30. The lowest BCUT2D eigenvalue weighted by atomic mass is 9.89. The van der Waals surface area contributed by atoms with Crippen molar-refractivity contribution in [1.82, 2.24) is 10.3 Å². The highest BCUT2D eigenvalue weighted by molar-refractivity contribution is 9.10. The first-order valence-electron chi connectivity index (χ1n) is 6.03. The third-order valence-electron chi connectivity index (χ3n) is 3.32. The summed E-state index contributed by atoms with van der Waals surface area (Å²) in [5.41, 5.74) is 1.70. The highest BCUT2D eigenvalue weighted by Gasteiger charge is 2.29. The number of nitrogens with one attached hydrogen (secondary N) is 1. The van der Waals surface area contributed by atoms with Crippen LogP contribution in [0.1, 0.15) is 24.3 Å². The SMILES string of the molecule is O=C1CCC(c2cccc3cc(Br)cnc23)C(=O)N1. The molecule has 3 rings (SSSR count). The maximum atomic E-state index is 11.9. The molecule has 0 radical (unpaired) electrons. The molecule has 4 nitrogen and oxygen atoms in total. The number of benzene rings is 1. The Labute approximate surface area is 118 Å². The molecular weight excluding hydrogens is 308 g/mol. The van der Waals surface area contributed by atoms with E-state index in [1.165, 1.54) is 0 Å². The van der Waals surface area contributed by atoms with Crippen LogP contribution in [0.5, 0.6) is 0 Å². The number of rotatable bonds is 1. The molecule has 1 unspecified atom stereocenters. The molecule has 19 heavy (non-hydrogen) atoms. The van der Waals surface area contributed by atoms with E-state index in [4.69, 9.17) is 0 Å². The number of hydrogen-bond donors (Lipinski definition) is 1. The standard InChI is InChI=1S/C14H11BrN2O2/c15-9-6-8-2-1-3-10(13(8)16-7-9)11-4-5-12(18)17-14(11)19/h1-3,6-7,11H,4-5H2,(H,17,18,19). The lowest BCUT2D eigenvalue weighted by Crippen LogP contribution is -2.39. The Bertz CT molecular complexity index is 684. The van der Waals surface area contributed by atoms with E-state index in [0.29, 0.717) is 12.8 Å². The zero-order chi connectivity index (χ0) is 13.4. The molecular formula is C14H11BrN2O2. The van der Waals surface area contributed by atoms with Gasteiger partial charge in [0, 0.05) is 22.5 Å². The highest BCUT2D eigenvalue weighted by atomic mass is 79.9. The van der Waals surface area contributed by atoms with E-state index < -0.39 is 0 Å². The molecule has 1 aromatic carbocycles. The first kappa shape index (κ1) is 12.3. The number of amides is 2. The molecule has 1 aliphatic rings. The quantitative estimate of drug-likeness (QED) is 0.822. The number of carbonyl (C=O) groups is 2. The van der Waals surface area contributed by atoms with Gasteiger partial charge in [-0.25, -0.2) is 0 Å². The molecule has 1 aromatic heterocycles. The summed E-state index contributed by atoms with van der Waals surface area (Å²) in [4.78, 5) is 27.5. The van der Waals surface area contributed by atoms with E-state index in [2.05, 4.69) is 26.2 Å². The number of nitrogens with zero attached hydrogens (tertiary/aromatic N) is 1. The first-order chi connectivity index (χ1) is 9.15. The first-order valence-corrected chi connectivity index (χ1v) is 6.82. The van der Waals surface area contributed by atoms with Gasteiger partial charge in [-0.1, -0.05) is 18.2 Å². The molecule has 96 valence electrons. The minimum Gasteiger partial charge on any atom is -0.296 e. The lowest BCUT2D eigenvalue weighted by Gasteiger charge is -2.21. The van der Waals surface area contributed by atoms with Crippen molar-refractivity contribution in [3.05, 3.63) is 40.5 Å². The van der Waals surface area contributed by atoms with E-state index in [0.717, 1.165) is 20.9 Å². The van der Waals surface area contributed by atoms with Gasteiger partial charge in [0.25, 0.3) is 0 Å². The van der Waals surface area contributed by atoms with Crippen LogP contribution in [0.25, 0.3) is 10.9 Å². The van der Waals surface area contributed by atoms with Gasteiger partial charge in [0.15, 0.2) is 0 Å². The third kappa shape index (κ3) is 2.26. The number of fused-ring (bicyclic) bond motifs is 1. The Balaban J connectivity index is 2.10. The Hall–Kier alpha value is -1.75. The molecule has 2 heterocycles. The number of halogens is 1. The number of pyridine rings is 1. The van der Waals surface area contributed by atoms with E-state index in [-0.39, 0.29) is 17.7 Å². The predicted molar refractivity (Wildman–Crippen MR) is 74.6 cm³/mol. The Morgan fingerprint density at radius 1 is 1.32 bits per heavy atom. The molecule has 1 aliphatic heterocycles. The van der Waals surface area contributed by atoms with E-state index in [1.54, 1.807) is 6.20 Å². The smallest absolute Gasteiger partial charge is 0.234 e. The second-order valence-electron chi connectivity index (χ2n) is 4.58. The molecule has 1 fully saturated rings. The fourth-order valence-corrected chi connectivity index (χ4v) is 2.78. The topological polar surface area (TPSA) is 59.1 Å². The normalized spacial score (nSPS) is 19.5. The minimum absolute atomic E-state index is 0.197. The number of imide groups is 1. The van der Waals surface area contributed by atoms with Crippen molar-refractivity contribution in [3.8, 4) is 0 Å². The maximum absolute atomic E-state index is 11.9. The largest absolute Gasteiger partial charge is 0.296 e.